The van der Waals surface area contributed by atoms with E-state index in [-0.39, 0.29) is 11.8 Å². The van der Waals surface area contributed by atoms with Crippen LogP contribution in [-0.2, 0) is 4.79 Å². The second kappa shape index (κ2) is 9.93. The van der Waals surface area contributed by atoms with Gasteiger partial charge in [0.15, 0.2) is 0 Å². The van der Waals surface area contributed by atoms with Gasteiger partial charge in [-0.1, -0.05) is 24.3 Å². The van der Waals surface area contributed by atoms with Crippen molar-refractivity contribution in [2.75, 3.05) is 24.9 Å². The molecule has 0 saturated heterocycles. The summed E-state index contributed by atoms with van der Waals surface area (Å²) < 4.78 is 10.2. The van der Waals surface area contributed by atoms with E-state index in [0.29, 0.717) is 22.7 Å². The summed E-state index contributed by atoms with van der Waals surface area (Å²) in [5, 5.41) is 5.57. The van der Waals surface area contributed by atoms with Crippen molar-refractivity contribution >= 4 is 29.3 Å². The Balaban J connectivity index is 1.68. The van der Waals surface area contributed by atoms with E-state index < -0.39 is 0 Å². The van der Waals surface area contributed by atoms with Gasteiger partial charge in [-0.15, -0.1) is 0 Å². The number of anilines is 2. The fourth-order valence-electron chi connectivity index (χ4n) is 2.72. The molecule has 0 heterocycles. The fourth-order valence-corrected chi connectivity index (χ4v) is 2.72. The van der Waals surface area contributed by atoms with Crippen LogP contribution in [0.4, 0.5) is 11.4 Å². The maximum Gasteiger partial charge on any atom is 0.257 e. The van der Waals surface area contributed by atoms with Crippen molar-refractivity contribution < 1.29 is 19.1 Å². The molecule has 0 saturated carbocycles. The lowest BCUT2D eigenvalue weighted by Gasteiger charge is -2.11. The molecule has 3 aromatic carbocycles. The second-order valence-electron chi connectivity index (χ2n) is 6.32. The molecule has 0 fully saturated rings. The number of hydrogen-bond donors (Lipinski definition) is 2. The summed E-state index contributed by atoms with van der Waals surface area (Å²) in [6.07, 6.45) is 3.11. The number of ether oxygens (including phenoxy) is 2. The van der Waals surface area contributed by atoms with Gasteiger partial charge in [0.25, 0.3) is 5.91 Å². The number of carbonyl (C=O) groups excluding carboxylic acids is 2. The maximum absolute atomic E-state index is 12.7. The van der Waals surface area contributed by atoms with Gasteiger partial charge in [-0.2, -0.15) is 0 Å². The topological polar surface area (TPSA) is 76.7 Å². The number of carbonyl (C=O) groups is 2. The fraction of sp³-hybridized carbons (Fsp3) is 0.0833. The molecule has 152 valence electrons. The van der Waals surface area contributed by atoms with E-state index in [1.54, 1.807) is 68.8 Å². The van der Waals surface area contributed by atoms with E-state index in [1.165, 1.54) is 6.08 Å². The Bertz CT molecular complexity index is 1040. The molecule has 0 bridgehead atoms. The molecule has 2 amide bonds. The molecule has 0 unspecified atom stereocenters. The van der Waals surface area contributed by atoms with E-state index in [9.17, 15) is 9.59 Å². The summed E-state index contributed by atoms with van der Waals surface area (Å²) in [4.78, 5) is 25.0. The summed E-state index contributed by atoms with van der Waals surface area (Å²) in [6, 6.07) is 21.2. The van der Waals surface area contributed by atoms with Gasteiger partial charge in [0.05, 0.1) is 25.5 Å². The van der Waals surface area contributed by atoms with Gasteiger partial charge >= 0.3 is 0 Å². The van der Waals surface area contributed by atoms with Crippen molar-refractivity contribution in [3.8, 4) is 11.5 Å². The number of hydrogen-bond acceptors (Lipinski definition) is 4. The summed E-state index contributed by atoms with van der Waals surface area (Å²) in [5.74, 6) is 0.781. The van der Waals surface area contributed by atoms with Crippen LogP contribution in [0.5, 0.6) is 11.5 Å². The number of rotatable bonds is 7. The minimum absolute atomic E-state index is 0.324. The normalized spacial score (nSPS) is 10.5. The Labute approximate surface area is 175 Å². The molecule has 2 N–H and O–H groups in total. The Morgan fingerprint density at radius 1 is 0.767 bits per heavy atom. The van der Waals surface area contributed by atoms with Crippen LogP contribution >= 0.6 is 0 Å². The highest BCUT2D eigenvalue weighted by Gasteiger charge is 2.12. The molecule has 0 aliphatic rings. The molecule has 3 rings (SSSR count). The van der Waals surface area contributed by atoms with Crippen molar-refractivity contribution in [3.63, 3.8) is 0 Å². The highest BCUT2D eigenvalue weighted by atomic mass is 16.5. The van der Waals surface area contributed by atoms with Crippen molar-refractivity contribution in [2.45, 2.75) is 0 Å². The van der Waals surface area contributed by atoms with Gasteiger partial charge in [0.2, 0.25) is 5.91 Å². The van der Waals surface area contributed by atoms with Crippen LogP contribution in [-0.4, -0.2) is 26.0 Å². The molecule has 0 aromatic heterocycles. The van der Waals surface area contributed by atoms with Crippen LogP contribution < -0.4 is 20.1 Å². The maximum atomic E-state index is 12.7. The summed E-state index contributed by atoms with van der Waals surface area (Å²) in [5.41, 5.74) is 2.27. The lowest BCUT2D eigenvalue weighted by molar-refractivity contribution is -0.111. The van der Waals surface area contributed by atoms with E-state index in [2.05, 4.69) is 10.6 Å². The third-order valence-electron chi connectivity index (χ3n) is 4.32. The minimum atomic E-state index is -0.337. The predicted molar refractivity (Wildman–Crippen MR) is 118 cm³/mol. The molecule has 6 heteroatoms. The zero-order chi connectivity index (χ0) is 21.3. The van der Waals surface area contributed by atoms with Gasteiger partial charge in [-0.3, -0.25) is 9.59 Å². The summed E-state index contributed by atoms with van der Waals surface area (Å²) in [7, 11) is 3.18. The Morgan fingerprint density at radius 3 is 2.00 bits per heavy atom. The number of amides is 2. The number of benzene rings is 3. The van der Waals surface area contributed by atoms with Crippen LogP contribution in [0.3, 0.4) is 0 Å². The second-order valence-corrected chi connectivity index (χ2v) is 6.32. The Kier molecular flexibility index (Phi) is 6.84. The third kappa shape index (κ3) is 5.48. The zero-order valence-electron chi connectivity index (χ0n) is 16.7. The van der Waals surface area contributed by atoms with E-state index in [1.807, 2.05) is 24.3 Å². The van der Waals surface area contributed by atoms with E-state index in [4.69, 9.17) is 9.47 Å². The van der Waals surface area contributed by atoms with Crippen LogP contribution in [0.15, 0.2) is 78.9 Å². The van der Waals surface area contributed by atoms with Crippen LogP contribution in [0.25, 0.3) is 6.08 Å². The minimum Gasteiger partial charge on any atom is -0.497 e. The first kappa shape index (κ1) is 20.7. The molecule has 0 aliphatic carbocycles. The summed E-state index contributed by atoms with van der Waals surface area (Å²) >= 11 is 0. The highest BCUT2D eigenvalue weighted by molar-refractivity contribution is 6.11. The third-order valence-corrected chi connectivity index (χ3v) is 4.32. The molecular weight excluding hydrogens is 380 g/mol. The molecule has 30 heavy (non-hydrogen) atoms. The van der Waals surface area contributed by atoms with Crippen molar-refractivity contribution in [3.05, 3.63) is 90.0 Å². The van der Waals surface area contributed by atoms with Crippen molar-refractivity contribution in [1.29, 1.82) is 0 Å². The van der Waals surface area contributed by atoms with Gasteiger partial charge in [-0.05, 0) is 60.2 Å². The van der Waals surface area contributed by atoms with Crippen LogP contribution in [0.2, 0.25) is 0 Å². The van der Waals surface area contributed by atoms with Gasteiger partial charge in [-0.25, -0.2) is 0 Å². The van der Waals surface area contributed by atoms with E-state index in [0.717, 1.165) is 11.3 Å². The van der Waals surface area contributed by atoms with E-state index >= 15 is 0 Å². The lowest BCUT2D eigenvalue weighted by Crippen LogP contribution is -2.17. The number of para-hydroxylation sites is 1. The van der Waals surface area contributed by atoms with Crippen LogP contribution in [0.1, 0.15) is 15.9 Å². The monoisotopic (exact) mass is 402 g/mol. The molecule has 0 radical (unpaired) electrons. The summed E-state index contributed by atoms with van der Waals surface area (Å²) in [6.45, 7) is 0. The lowest BCUT2D eigenvalue weighted by atomic mass is 10.1. The first-order valence-corrected chi connectivity index (χ1v) is 9.26. The molecule has 3 aromatic rings. The Hall–Kier alpha value is -4.06. The first-order valence-electron chi connectivity index (χ1n) is 9.26. The zero-order valence-corrected chi connectivity index (χ0v) is 16.7. The molecule has 6 nitrogen and oxygen atoms in total. The number of nitrogens with one attached hydrogen (secondary N) is 2. The quantitative estimate of drug-likeness (QED) is 0.566. The molecule has 0 aliphatic heterocycles. The molecular formula is C24H22N2O4. The SMILES string of the molecule is COc1ccc(/C=C/C(=O)Nc2ccccc2C(=O)Nc2ccc(OC)cc2)cc1. The Morgan fingerprint density at radius 2 is 1.37 bits per heavy atom. The van der Waals surface area contributed by atoms with Gasteiger partial charge in [0, 0.05) is 11.8 Å². The standard InChI is InChI=1S/C24H22N2O4/c1-29-19-12-7-17(8-13-19)9-16-23(27)26-22-6-4-3-5-21(22)24(28)25-18-10-14-20(30-2)15-11-18/h3-16H,1-2H3,(H,25,28)(H,26,27)/b16-9+. The van der Waals surface area contributed by atoms with Crippen molar-refractivity contribution in [2.24, 2.45) is 0 Å². The number of methoxy groups -OCH3 is 2. The van der Waals surface area contributed by atoms with Gasteiger partial charge in [0.1, 0.15) is 11.5 Å². The highest BCUT2D eigenvalue weighted by Crippen LogP contribution is 2.20. The smallest absolute Gasteiger partial charge is 0.257 e. The average Bonchev–Trinajstić information content (AvgIpc) is 2.79. The van der Waals surface area contributed by atoms with Crippen LogP contribution in [0, 0.1) is 0 Å². The van der Waals surface area contributed by atoms with Crippen molar-refractivity contribution in [1.82, 2.24) is 0 Å². The average molecular weight is 402 g/mol. The predicted octanol–water partition coefficient (Wildman–Crippen LogP) is 4.61. The molecule has 0 spiro atoms. The van der Waals surface area contributed by atoms with Gasteiger partial charge < -0.3 is 20.1 Å². The molecule has 0 atom stereocenters. The largest absolute Gasteiger partial charge is 0.497 e. The first-order chi connectivity index (χ1) is 14.6.